The van der Waals surface area contributed by atoms with Crippen LogP contribution in [0.5, 0.6) is 0 Å². The highest BCUT2D eigenvalue weighted by atomic mass is 16.3. The third-order valence-corrected chi connectivity index (χ3v) is 2.19. The molecule has 4 nitrogen and oxygen atoms in total. The van der Waals surface area contributed by atoms with E-state index in [-0.39, 0.29) is 6.10 Å². The Morgan fingerprint density at radius 1 is 1.57 bits per heavy atom. The van der Waals surface area contributed by atoms with E-state index in [2.05, 4.69) is 17.3 Å². The monoisotopic (exact) mass is 197 g/mol. The second kappa shape index (κ2) is 5.78. The Balaban J connectivity index is 2.19. The summed E-state index contributed by atoms with van der Waals surface area (Å²) in [6.07, 6.45) is 4.26. The van der Waals surface area contributed by atoms with Gasteiger partial charge in [-0.05, 0) is 19.4 Å². The van der Waals surface area contributed by atoms with Crippen LogP contribution in [0.2, 0.25) is 0 Å². The van der Waals surface area contributed by atoms with Crippen molar-refractivity contribution in [1.82, 2.24) is 15.1 Å². The summed E-state index contributed by atoms with van der Waals surface area (Å²) in [6.45, 7) is 5.55. The van der Waals surface area contributed by atoms with Crippen molar-refractivity contribution in [2.45, 2.75) is 39.0 Å². The number of nitrogens with zero attached hydrogens (tertiary/aromatic N) is 2. The Kier molecular flexibility index (Phi) is 4.62. The van der Waals surface area contributed by atoms with E-state index >= 15 is 0 Å². The van der Waals surface area contributed by atoms with E-state index in [0.717, 1.165) is 13.0 Å². The van der Waals surface area contributed by atoms with E-state index in [9.17, 15) is 5.11 Å². The number of aromatic nitrogens is 2. The van der Waals surface area contributed by atoms with E-state index in [1.165, 1.54) is 0 Å². The second-order valence-electron chi connectivity index (χ2n) is 3.60. The van der Waals surface area contributed by atoms with Gasteiger partial charge in [0.05, 0.1) is 12.6 Å². The van der Waals surface area contributed by atoms with Crippen molar-refractivity contribution >= 4 is 0 Å². The van der Waals surface area contributed by atoms with Gasteiger partial charge in [0.2, 0.25) is 0 Å². The van der Waals surface area contributed by atoms with Crippen molar-refractivity contribution in [2.75, 3.05) is 6.54 Å². The van der Waals surface area contributed by atoms with Gasteiger partial charge in [0, 0.05) is 25.0 Å². The van der Waals surface area contributed by atoms with Crippen molar-refractivity contribution in [3.05, 3.63) is 18.5 Å². The number of aliphatic hydroxyl groups excluding tert-OH is 1. The zero-order valence-corrected chi connectivity index (χ0v) is 8.85. The fourth-order valence-electron chi connectivity index (χ4n) is 1.24. The van der Waals surface area contributed by atoms with Crippen LogP contribution in [0.4, 0.5) is 0 Å². The van der Waals surface area contributed by atoms with Gasteiger partial charge in [-0.3, -0.25) is 4.68 Å². The first-order valence-corrected chi connectivity index (χ1v) is 5.11. The molecule has 2 atom stereocenters. The number of nitrogens with one attached hydrogen (secondary N) is 1. The number of rotatable bonds is 6. The minimum absolute atomic E-state index is 0.241. The maximum Gasteiger partial charge on any atom is 0.0662 e. The van der Waals surface area contributed by atoms with E-state index in [1.54, 1.807) is 6.20 Å². The lowest BCUT2D eigenvalue weighted by Crippen LogP contribution is -2.36. The zero-order valence-electron chi connectivity index (χ0n) is 8.85. The molecule has 14 heavy (non-hydrogen) atoms. The summed E-state index contributed by atoms with van der Waals surface area (Å²) in [5.41, 5.74) is 0. The summed E-state index contributed by atoms with van der Waals surface area (Å²) in [4.78, 5) is 0. The maximum absolute atomic E-state index is 9.35. The molecule has 0 saturated heterocycles. The summed E-state index contributed by atoms with van der Waals surface area (Å²) in [5.74, 6) is 0. The second-order valence-corrected chi connectivity index (χ2v) is 3.60. The molecule has 0 bridgehead atoms. The Morgan fingerprint density at radius 2 is 2.36 bits per heavy atom. The summed E-state index contributed by atoms with van der Waals surface area (Å²) in [6, 6.07) is 2.24. The molecule has 1 rings (SSSR count). The Hall–Kier alpha value is -0.870. The van der Waals surface area contributed by atoms with E-state index < -0.39 is 0 Å². The van der Waals surface area contributed by atoms with Crippen LogP contribution in [0, 0.1) is 0 Å². The average molecular weight is 197 g/mol. The maximum atomic E-state index is 9.35. The molecule has 0 aliphatic carbocycles. The van der Waals surface area contributed by atoms with Gasteiger partial charge in [0.1, 0.15) is 0 Å². The zero-order chi connectivity index (χ0) is 10.4. The first-order valence-electron chi connectivity index (χ1n) is 5.11. The highest BCUT2D eigenvalue weighted by molar-refractivity contribution is 4.79. The minimum Gasteiger partial charge on any atom is -0.392 e. The fraction of sp³-hybridized carbons (Fsp3) is 0.700. The van der Waals surface area contributed by atoms with Crippen LogP contribution < -0.4 is 5.32 Å². The molecular formula is C10H19N3O. The van der Waals surface area contributed by atoms with Crippen molar-refractivity contribution in [3.8, 4) is 0 Å². The fourth-order valence-corrected chi connectivity index (χ4v) is 1.24. The van der Waals surface area contributed by atoms with E-state index in [0.29, 0.717) is 12.6 Å². The van der Waals surface area contributed by atoms with Crippen LogP contribution in [-0.2, 0) is 6.54 Å². The Morgan fingerprint density at radius 3 is 2.93 bits per heavy atom. The van der Waals surface area contributed by atoms with Gasteiger partial charge in [-0.25, -0.2) is 0 Å². The molecule has 0 spiro atoms. The van der Waals surface area contributed by atoms with Crippen molar-refractivity contribution in [1.29, 1.82) is 0 Å². The van der Waals surface area contributed by atoms with Crippen molar-refractivity contribution in [2.24, 2.45) is 0 Å². The van der Waals surface area contributed by atoms with E-state index in [1.807, 2.05) is 23.9 Å². The lowest BCUT2D eigenvalue weighted by molar-refractivity contribution is 0.162. The normalized spacial score (nSPS) is 15.4. The molecular weight excluding hydrogens is 178 g/mol. The van der Waals surface area contributed by atoms with Gasteiger partial charge in [0.15, 0.2) is 0 Å². The molecule has 0 radical (unpaired) electrons. The van der Waals surface area contributed by atoms with Crippen LogP contribution in [0.1, 0.15) is 20.3 Å². The molecule has 0 amide bonds. The van der Waals surface area contributed by atoms with Gasteiger partial charge in [-0.1, -0.05) is 6.92 Å². The summed E-state index contributed by atoms with van der Waals surface area (Å²) in [7, 11) is 0. The third-order valence-electron chi connectivity index (χ3n) is 2.19. The largest absolute Gasteiger partial charge is 0.392 e. The van der Waals surface area contributed by atoms with Gasteiger partial charge in [-0.15, -0.1) is 0 Å². The Labute approximate surface area is 84.9 Å². The SMILES string of the molecule is CCC(O)CNC(C)Cn1cccn1. The van der Waals surface area contributed by atoms with Gasteiger partial charge >= 0.3 is 0 Å². The molecule has 0 aliphatic rings. The molecule has 0 aromatic carbocycles. The molecule has 2 unspecified atom stereocenters. The molecule has 0 saturated carbocycles. The van der Waals surface area contributed by atoms with Crippen molar-refractivity contribution in [3.63, 3.8) is 0 Å². The molecule has 1 aromatic heterocycles. The van der Waals surface area contributed by atoms with Crippen molar-refractivity contribution < 1.29 is 5.11 Å². The molecule has 0 aliphatic heterocycles. The smallest absolute Gasteiger partial charge is 0.0662 e. The molecule has 1 heterocycles. The van der Waals surface area contributed by atoms with Crippen LogP contribution >= 0.6 is 0 Å². The molecule has 2 N–H and O–H groups in total. The molecule has 4 heteroatoms. The quantitative estimate of drug-likeness (QED) is 0.703. The van der Waals surface area contributed by atoms with E-state index in [4.69, 9.17) is 0 Å². The first kappa shape index (κ1) is 11.2. The van der Waals surface area contributed by atoms with Gasteiger partial charge < -0.3 is 10.4 Å². The predicted molar refractivity (Wildman–Crippen MR) is 56.0 cm³/mol. The van der Waals surface area contributed by atoms with Crippen LogP contribution in [-0.4, -0.2) is 33.6 Å². The number of hydrogen-bond acceptors (Lipinski definition) is 3. The minimum atomic E-state index is -0.241. The predicted octanol–water partition coefficient (Wildman–Crippen LogP) is 0.632. The third kappa shape index (κ3) is 3.89. The van der Waals surface area contributed by atoms with Crippen LogP contribution in [0.15, 0.2) is 18.5 Å². The molecule has 80 valence electrons. The van der Waals surface area contributed by atoms with Gasteiger partial charge in [0.25, 0.3) is 0 Å². The Bertz CT molecular complexity index is 236. The highest BCUT2D eigenvalue weighted by Crippen LogP contribution is 1.92. The summed E-state index contributed by atoms with van der Waals surface area (Å²) < 4.78 is 1.88. The highest BCUT2D eigenvalue weighted by Gasteiger charge is 2.05. The molecule has 1 aromatic rings. The standard InChI is InChI=1S/C10H19N3O/c1-3-10(14)7-11-9(2)8-13-6-4-5-12-13/h4-6,9-11,14H,3,7-8H2,1-2H3. The summed E-state index contributed by atoms with van der Waals surface area (Å²) >= 11 is 0. The average Bonchev–Trinajstić information content (AvgIpc) is 2.66. The van der Waals surface area contributed by atoms with Crippen LogP contribution in [0.3, 0.4) is 0 Å². The van der Waals surface area contributed by atoms with Crippen LogP contribution in [0.25, 0.3) is 0 Å². The number of hydrogen-bond donors (Lipinski definition) is 2. The molecule has 0 fully saturated rings. The lowest BCUT2D eigenvalue weighted by Gasteiger charge is -2.16. The van der Waals surface area contributed by atoms with Gasteiger partial charge in [-0.2, -0.15) is 5.10 Å². The first-order chi connectivity index (χ1) is 6.72. The number of aliphatic hydroxyl groups is 1. The lowest BCUT2D eigenvalue weighted by atomic mass is 10.2. The topological polar surface area (TPSA) is 50.1 Å². The summed E-state index contributed by atoms with van der Waals surface area (Å²) in [5, 5.41) is 16.7.